The van der Waals surface area contributed by atoms with Crippen molar-refractivity contribution in [1.29, 1.82) is 0 Å². The molecule has 0 spiro atoms. The van der Waals surface area contributed by atoms with Crippen LogP contribution in [-0.4, -0.2) is 0 Å². The second-order valence-corrected chi connectivity index (χ2v) is 15.6. The smallest absolute Gasteiger partial charge is 0.137 e. The Kier molecular flexibility index (Phi) is 7.48. The zero-order chi connectivity index (χ0) is 38.9. The van der Waals surface area contributed by atoms with Gasteiger partial charge in [-0.25, -0.2) is 0 Å². The molecular formula is C57H37NO. The van der Waals surface area contributed by atoms with Crippen molar-refractivity contribution >= 4 is 60.5 Å². The van der Waals surface area contributed by atoms with Crippen LogP contribution in [0, 0.1) is 0 Å². The molecule has 12 rings (SSSR count). The van der Waals surface area contributed by atoms with Gasteiger partial charge in [-0.2, -0.15) is 0 Å². The summed E-state index contributed by atoms with van der Waals surface area (Å²) < 4.78 is 6.51. The van der Waals surface area contributed by atoms with Crippen molar-refractivity contribution in [3.8, 4) is 22.3 Å². The molecule has 0 atom stereocenters. The normalized spacial score (nSPS) is 12.9. The van der Waals surface area contributed by atoms with E-state index in [0.717, 1.165) is 39.0 Å². The van der Waals surface area contributed by atoms with Crippen LogP contribution in [0.1, 0.15) is 22.3 Å². The summed E-state index contributed by atoms with van der Waals surface area (Å²) in [4.78, 5) is 2.40. The summed E-state index contributed by atoms with van der Waals surface area (Å²) in [5, 5.41) is 7.12. The Labute approximate surface area is 342 Å². The molecule has 0 radical (unpaired) electrons. The van der Waals surface area contributed by atoms with E-state index in [1.165, 1.54) is 66.1 Å². The van der Waals surface area contributed by atoms with Gasteiger partial charge in [-0.15, -0.1) is 0 Å². The van der Waals surface area contributed by atoms with Gasteiger partial charge >= 0.3 is 0 Å². The molecule has 0 bridgehead atoms. The third kappa shape index (κ3) is 5.13. The maximum absolute atomic E-state index is 6.51. The number of rotatable bonds is 6. The number of hydrogen-bond donors (Lipinski definition) is 0. The number of fused-ring (bicyclic) bond motifs is 8. The Morgan fingerprint density at radius 1 is 0.322 bits per heavy atom. The SMILES string of the molecule is c1ccc(C2(c3ccccc3)c3ccccc3-c3ccc(N(c4ccc5cc(-c6cccc7ccccc67)ccc5c4)c4ccc5c(c4)oc4ccccc45)cc32)cc1. The molecule has 2 heteroatoms. The molecule has 0 saturated heterocycles. The summed E-state index contributed by atoms with van der Waals surface area (Å²) in [5.41, 5.74) is 14.5. The first-order valence-electron chi connectivity index (χ1n) is 20.3. The molecule has 276 valence electrons. The standard InChI is InChI=1S/C57H37NO/c1-3-16-42(17-4-1)57(43-18-5-2-6-19-43)53-24-11-9-21-49(53)50-32-30-45(36-54(50)57)58(46-31-33-52-51-22-10-12-25-55(51)59-56(52)37-46)44-29-28-39-34-41(27-26-40(39)35-44)48-23-13-15-38-14-7-8-20-47(38)48/h1-37H. The first kappa shape index (κ1) is 33.5. The molecule has 0 amide bonds. The average molecular weight is 752 g/mol. The van der Waals surface area contributed by atoms with E-state index < -0.39 is 5.41 Å². The highest BCUT2D eigenvalue weighted by Gasteiger charge is 2.46. The molecule has 0 fully saturated rings. The number of para-hydroxylation sites is 1. The first-order chi connectivity index (χ1) is 29.2. The van der Waals surface area contributed by atoms with Crippen molar-refractivity contribution in [2.24, 2.45) is 0 Å². The van der Waals surface area contributed by atoms with Gasteiger partial charge in [-0.05, 0) is 115 Å². The quantitative estimate of drug-likeness (QED) is 0.168. The Morgan fingerprint density at radius 2 is 0.898 bits per heavy atom. The molecular weight excluding hydrogens is 715 g/mol. The number of furan rings is 1. The highest BCUT2D eigenvalue weighted by atomic mass is 16.3. The van der Waals surface area contributed by atoms with Crippen LogP contribution in [0.5, 0.6) is 0 Å². The Morgan fingerprint density at radius 3 is 1.75 bits per heavy atom. The fourth-order valence-electron chi connectivity index (χ4n) is 9.89. The van der Waals surface area contributed by atoms with E-state index in [4.69, 9.17) is 4.42 Å². The highest BCUT2D eigenvalue weighted by Crippen LogP contribution is 2.57. The van der Waals surface area contributed by atoms with Crippen molar-refractivity contribution in [1.82, 2.24) is 0 Å². The zero-order valence-corrected chi connectivity index (χ0v) is 32.2. The van der Waals surface area contributed by atoms with Crippen molar-refractivity contribution in [2.75, 3.05) is 4.90 Å². The van der Waals surface area contributed by atoms with Gasteiger partial charge in [0.2, 0.25) is 0 Å². The molecule has 10 aromatic carbocycles. The second kappa shape index (κ2) is 13.2. The Bertz CT molecular complexity index is 3350. The van der Waals surface area contributed by atoms with Crippen LogP contribution in [0.25, 0.3) is 65.7 Å². The lowest BCUT2D eigenvalue weighted by Crippen LogP contribution is -2.28. The lowest BCUT2D eigenvalue weighted by molar-refractivity contribution is 0.669. The topological polar surface area (TPSA) is 16.4 Å². The minimum Gasteiger partial charge on any atom is -0.456 e. The lowest BCUT2D eigenvalue weighted by Gasteiger charge is -2.35. The van der Waals surface area contributed by atoms with Crippen molar-refractivity contribution in [3.05, 3.63) is 247 Å². The van der Waals surface area contributed by atoms with Gasteiger partial charge in [0.05, 0.1) is 5.41 Å². The first-order valence-corrected chi connectivity index (χ1v) is 20.3. The number of benzene rings is 10. The van der Waals surface area contributed by atoms with E-state index >= 15 is 0 Å². The van der Waals surface area contributed by atoms with Crippen LogP contribution < -0.4 is 4.90 Å². The minimum atomic E-state index is -0.514. The molecule has 59 heavy (non-hydrogen) atoms. The largest absolute Gasteiger partial charge is 0.456 e. The molecule has 0 N–H and O–H groups in total. The zero-order valence-electron chi connectivity index (χ0n) is 32.2. The van der Waals surface area contributed by atoms with Crippen molar-refractivity contribution in [3.63, 3.8) is 0 Å². The molecule has 1 aromatic heterocycles. The van der Waals surface area contributed by atoms with Crippen molar-refractivity contribution in [2.45, 2.75) is 5.41 Å². The second-order valence-electron chi connectivity index (χ2n) is 15.6. The molecule has 0 saturated carbocycles. The van der Waals surface area contributed by atoms with E-state index in [-0.39, 0.29) is 0 Å². The van der Waals surface area contributed by atoms with Crippen LogP contribution in [0.3, 0.4) is 0 Å². The van der Waals surface area contributed by atoms with Crippen LogP contribution in [0.15, 0.2) is 229 Å². The van der Waals surface area contributed by atoms with E-state index in [9.17, 15) is 0 Å². The van der Waals surface area contributed by atoms with Crippen LogP contribution in [0.4, 0.5) is 17.1 Å². The van der Waals surface area contributed by atoms with Gasteiger partial charge in [-0.3, -0.25) is 0 Å². The van der Waals surface area contributed by atoms with Gasteiger partial charge in [0, 0.05) is 33.9 Å². The van der Waals surface area contributed by atoms with Gasteiger partial charge in [-0.1, -0.05) is 170 Å². The summed E-state index contributed by atoms with van der Waals surface area (Å²) in [5.74, 6) is 0. The summed E-state index contributed by atoms with van der Waals surface area (Å²) in [6.45, 7) is 0. The fourth-order valence-corrected chi connectivity index (χ4v) is 9.89. The third-order valence-electron chi connectivity index (χ3n) is 12.5. The number of anilines is 3. The van der Waals surface area contributed by atoms with Crippen molar-refractivity contribution < 1.29 is 4.42 Å². The van der Waals surface area contributed by atoms with Crippen LogP contribution in [0.2, 0.25) is 0 Å². The molecule has 1 heterocycles. The predicted octanol–water partition coefficient (Wildman–Crippen LogP) is 15.4. The predicted molar refractivity (Wildman–Crippen MR) is 246 cm³/mol. The molecule has 2 nitrogen and oxygen atoms in total. The van der Waals surface area contributed by atoms with Crippen LogP contribution >= 0.6 is 0 Å². The van der Waals surface area contributed by atoms with E-state index in [2.05, 4.69) is 217 Å². The van der Waals surface area contributed by atoms with Crippen LogP contribution in [-0.2, 0) is 5.41 Å². The molecule has 0 unspecified atom stereocenters. The summed E-state index contributed by atoms with van der Waals surface area (Å²) >= 11 is 0. The molecule has 1 aliphatic rings. The lowest BCUT2D eigenvalue weighted by atomic mass is 9.67. The average Bonchev–Trinajstić information content (AvgIpc) is 3.82. The molecule has 11 aromatic rings. The van der Waals surface area contributed by atoms with E-state index in [1.54, 1.807) is 0 Å². The number of hydrogen-bond acceptors (Lipinski definition) is 2. The monoisotopic (exact) mass is 751 g/mol. The summed E-state index contributed by atoms with van der Waals surface area (Å²) in [6, 6.07) is 81.9. The van der Waals surface area contributed by atoms with Gasteiger partial charge in [0.25, 0.3) is 0 Å². The number of nitrogens with zero attached hydrogens (tertiary/aromatic N) is 1. The fraction of sp³-hybridized carbons (Fsp3) is 0.0175. The summed E-state index contributed by atoms with van der Waals surface area (Å²) in [6.07, 6.45) is 0. The third-order valence-corrected chi connectivity index (χ3v) is 12.5. The Hall–Kier alpha value is -7.68. The van der Waals surface area contributed by atoms with Gasteiger partial charge in [0.15, 0.2) is 0 Å². The summed E-state index contributed by atoms with van der Waals surface area (Å²) in [7, 11) is 0. The minimum absolute atomic E-state index is 0.514. The molecule has 1 aliphatic carbocycles. The molecule has 0 aliphatic heterocycles. The van der Waals surface area contributed by atoms with Gasteiger partial charge in [0.1, 0.15) is 11.2 Å². The van der Waals surface area contributed by atoms with E-state index in [0.29, 0.717) is 0 Å². The highest BCUT2D eigenvalue weighted by molar-refractivity contribution is 6.06. The Balaban J connectivity index is 1.08. The maximum Gasteiger partial charge on any atom is 0.137 e. The maximum atomic E-state index is 6.51. The van der Waals surface area contributed by atoms with Gasteiger partial charge < -0.3 is 9.32 Å². The van der Waals surface area contributed by atoms with E-state index in [1.807, 2.05) is 12.1 Å².